The fourth-order valence-electron chi connectivity index (χ4n) is 2.74. The quantitative estimate of drug-likeness (QED) is 0.617. The van der Waals surface area contributed by atoms with Gasteiger partial charge in [0.05, 0.1) is 0 Å². The molecule has 1 aliphatic rings. The minimum atomic E-state index is -0.713. The number of likely N-dealkylation sites (tertiary alicyclic amines) is 1. The maximum Gasteiger partial charge on any atom is 0.260 e. The van der Waals surface area contributed by atoms with Crippen molar-refractivity contribution in [3.63, 3.8) is 0 Å². The lowest BCUT2D eigenvalue weighted by atomic mass is 10.1. The minimum absolute atomic E-state index is 0.0152. The van der Waals surface area contributed by atoms with E-state index in [-0.39, 0.29) is 24.4 Å². The molecule has 0 saturated carbocycles. The van der Waals surface area contributed by atoms with Crippen molar-refractivity contribution >= 4 is 28.5 Å². The molecule has 2 aromatic rings. The number of ether oxygens (including phenoxy) is 2. The second-order valence-corrected chi connectivity index (χ2v) is 7.26. The van der Waals surface area contributed by atoms with Crippen molar-refractivity contribution in [1.82, 2.24) is 4.90 Å². The summed E-state index contributed by atoms with van der Waals surface area (Å²) in [6.45, 7) is 1.02. The van der Waals surface area contributed by atoms with Crippen molar-refractivity contribution in [1.29, 1.82) is 0 Å². The van der Waals surface area contributed by atoms with Gasteiger partial charge in [0, 0.05) is 35.6 Å². The van der Waals surface area contributed by atoms with Gasteiger partial charge in [0.1, 0.15) is 17.7 Å². The summed E-state index contributed by atoms with van der Waals surface area (Å²) < 4.78 is 38.8. The van der Waals surface area contributed by atoms with Gasteiger partial charge < -0.3 is 14.4 Å². The Kier molecular flexibility index (Phi) is 6.29. The van der Waals surface area contributed by atoms with Crippen LogP contribution in [0.5, 0.6) is 11.5 Å². The molecule has 2 aromatic carbocycles. The van der Waals surface area contributed by atoms with E-state index in [9.17, 15) is 13.6 Å². The van der Waals surface area contributed by atoms with E-state index in [4.69, 9.17) is 9.47 Å². The smallest absolute Gasteiger partial charge is 0.260 e. The summed E-state index contributed by atoms with van der Waals surface area (Å²) >= 11 is 2.20. The number of hydrogen-bond donors (Lipinski definition) is 0. The summed E-state index contributed by atoms with van der Waals surface area (Å²) in [7, 11) is 0. The Bertz CT molecular complexity index is 762. The minimum Gasteiger partial charge on any atom is -0.487 e. The van der Waals surface area contributed by atoms with Gasteiger partial charge in [-0.2, -0.15) is 0 Å². The summed E-state index contributed by atoms with van der Waals surface area (Å²) in [6, 6.07) is 10.7. The van der Waals surface area contributed by atoms with E-state index in [2.05, 4.69) is 22.6 Å². The molecule has 0 N–H and O–H groups in total. The molecule has 1 heterocycles. The van der Waals surface area contributed by atoms with E-state index in [1.54, 1.807) is 4.90 Å². The highest BCUT2D eigenvalue weighted by Gasteiger charge is 2.25. The maximum absolute atomic E-state index is 13.7. The van der Waals surface area contributed by atoms with Gasteiger partial charge in [-0.15, -0.1) is 0 Å². The Hall–Kier alpha value is -1.90. The Balaban J connectivity index is 1.45. The van der Waals surface area contributed by atoms with Crippen LogP contribution in [0.4, 0.5) is 8.78 Å². The summed E-state index contributed by atoms with van der Waals surface area (Å²) in [5.74, 6) is -0.741. The number of hydrogen-bond acceptors (Lipinski definition) is 3. The molecule has 4 nitrogen and oxygen atoms in total. The number of carbonyl (C=O) groups excluding carboxylic acids is 1. The zero-order valence-corrected chi connectivity index (χ0v) is 16.1. The fraction of sp³-hybridized carbons (Fsp3) is 0.316. The summed E-state index contributed by atoms with van der Waals surface area (Å²) in [5.41, 5.74) is 0. The molecular formula is C19H18F2INO3. The second kappa shape index (κ2) is 8.66. The highest BCUT2D eigenvalue weighted by atomic mass is 127. The molecule has 1 aliphatic heterocycles. The lowest BCUT2D eigenvalue weighted by Gasteiger charge is -2.32. The number of halogens is 3. The first-order valence-electron chi connectivity index (χ1n) is 8.29. The van der Waals surface area contributed by atoms with Gasteiger partial charge in [0.25, 0.3) is 5.91 Å². The molecule has 0 aliphatic carbocycles. The average molecular weight is 473 g/mol. The van der Waals surface area contributed by atoms with Crippen LogP contribution < -0.4 is 9.47 Å². The van der Waals surface area contributed by atoms with Crippen molar-refractivity contribution in [3.05, 3.63) is 57.7 Å². The van der Waals surface area contributed by atoms with Gasteiger partial charge in [0.15, 0.2) is 18.2 Å². The largest absolute Gasteiger partial charge is 0.487 e. The van der Waals surface area contributed by atoms with Gasteiger partial charge in [-0.3, -0.25) is 4.79 Å². The van der Waals surface area contributed by atoms with E-state index in [1.807, 2.05) is 24.3 Å². The van der Waals surface area contributed by atoms with Crippen molar-refractivity contribution in [2.45, 2.75) is 18.9 Å². The van der Waals surface area contributed by atoms with Gasteiger partial charge in [-0.1, -0.05) is 0 Å². The average Bonchev–Trinajstić information content (AvgIpc) is 2.64. The Morgan fingerprint density at radius 3 is 2.46 bits per heavy atom. The lowest BCUT2D eigenvalue weighted by Crippen LogP contribution is -2.43. The predicted octanol–water partition coefficient (Wildman–Crippen LogP) is 4.02. The van der Waals surface area contributed by atoms with Crippen molar-refractivity contribution in [3.8, 4) is 11.5 Å². The Morgan fingerprint density at radius 2 is 1.81 bits per heavy atom. The first-order valence-corrected chi connectivity index (χ1v) is 9.37. The van der Waals surface area contributed by atoms with Gasteiger partial charge in [-0.05, 0) is 59.0 Å². The molecule has 138 valence electrons. The number of rotatable bonds is 5. The third-order valence-corrected chi connectivity index (χ3v) is 4.88. The number of carbonyl (C=O) groups is 1. The topological polar surface area (TPSA) is 38.8 Å². The van der Waals surface area contributed by atoms with Crippen LogP contribution in [0.2, 0.25) is 0 Å². The van der Waals surface area contributed by atoms with Crippen molar-refractivity contribution in [2.24, 2.45) is 0 Å². The van der Waals surface area contributed by atoms with E-state index in [0.717, 1.165) is 9.64 Å². The van der Waals surface area contributed by atoms with Crippen LogP contribution in [0.25, 0.3) is 0 Å². The summed E-state index contributed by atoms with van der Waals surface area (Å²) in [5, 5.41) is 0. The van der Waals surface area contributed by atoms with Crippen LogP contribution in [0, 0.1) is 15.2 Å². The molecule has 1 fully saturated rings. The SMILES string of the molecule is O=C(COc1ccc(I)cc1)N1CCC(Oc2ccc(F)cc2F)CC1. The van der Waals surface area contributed by atoms with Crippen LogP contribution in [-0.4, -0.2) is 36.6 Å². The summed E-state index contributed by atoms with van der Waals surface area (Å²) in [4.78, 5) is 14.0. The van der Waals surface area contributed by atoms with E-state index in [1.165, 1.54) is 12.1 Å². The second-order valence-electron chi connectivity index (χ2n) is 6.02. The third-order valence-electron chi connectivity index (χ3n) is 4.16. The highest BCUT2D eigenvalue weighted by Crippen LogP contribution is 2.23. The molecule has 1 saturated heterocycles. The molecule has 3 rings (SSSR count). The van der Waals surface area contributed by atoms with Crippen LogP contribution in [0.15, 0.2) is 42.5 Å². The maximum atomic E-state index is 13.7. The molecule has 0 radical (unpaired) electrons. The first kappa shape index (κ1) is 18.9. The molecule has 1 amide bonds. The molecular weight excluding hydrogens is 455 g/mol. The van der Waals surface area contributed by atoms with Crippen LogP contribution in [0.1, 0.15) is 12.8 Å². The number of amides is 1. The molecule has 0 bridgehead atoms. The zero-order chi connectivity index (χ0) is 18.5. The Morgan fingerprint density at radius 1 is 1.12 bits per heavy atom. The zero-order valence-electron chi connectivity index (χ0n) is 14.0. The Labute approximate surface area is 164 Å². The standard InChI is InChI=1S/C19H18F2INO3/c20-13-1-6-18(17(21)11-13)26-16-7-9-23(10-8-16)19(24)12-25-15-4-2-14(22)3-5-15/h1-6,11,16H,7-10,12H2. The van der Waals surface area contributed by atoms with Crippen LogP contribution in [-0.2, 0) is 4.79 Å². The predicted molar refractivity (Wildman–Crippen MR) is 101 cm³/mol. The number of nitrogens with zero attached hydrogens (tertiary/aromatic N) is 1. The van der Waals surface area contributed by atoms with Gasteiger partial charge in [0.2, 0.25) is 0 Å². The molecule has 0 unspecified atom stereocenters. The highest BCUT2D eigenvalue weighted by molar-refractivity contribution is 14.1. The lowest BCUT2D eigenvalue weighted by molar-refractivity contribution is -0.135. The third kappa shape index (κ3) is 5.06. The molecule has 0 spiro atoms. The van der Waals surface area contributed by atoms with E-state index in [0.29, 0.717) is 31.7 Å². The van der Waals surface area contributed by atoms with Gasteiger partial charge >= 0.3 is 0 Å². The van der Waals surface area contributed by atoms with Crippen LogP contribution >= 0.6 is 22.6 Å². The summed E-state index contributed by atoms with van der Waals surface area (Å²) in [6.07, 6.45) is 0.981. The van der Waals surface area contributed by atoms with Gasteiger partial charge in [-0.25, -0.2) is 8.78 Å². The molecule has 7 heteroatoms. The van der Waals surface area contributed by atoms with Crippen LogP contribution in [0.3, 0.4) is 0 Å². The normalized spacial score (nSPS) is 15.0. The van der Waals surface area contributed by atoms with E-state index >= 15 is 0 Å². The van der Waals surface area contributed by atoms with Crippen molar-refractivity contribution in [2.75, 3.05) is 19.7 Å². The number of benzene rings is 2. The molecule has 26 heavy (non-hydrogen) atoms. The molecule has 0 aromatic heterocycles. The van der Waals surface area contributed by atoms with Crippen molar-refractivity contribution < 1.29 is 23.0 Å². The van der Waals surface area contributed by atoms with E-state index < -0.39 is 11.6 Å². The monoisotopic (exact) mass is 473 g/mol. The number of piperidine rings is 1. The molecule has 0 atom stereocenters. The first-order chi connectivity index (χ1) is 12.5. The fourth-order valence-corrected chi connectivity index (χ4v) is 3.10.